The van der Waals surface area contributed by atoms with Crippen molar-refractivity contribution < 1.29 is 29.0 Å². The number of hydrogen-bond acceptors (Lipinski definition) is 6. The molecule has 126 valence electrons. The summed E-state index contributed by atoms with van der Waals surface area (Å²) in [6, 6.07) is 0. The van der Waals surface area contributed by atoms with E-state index in [0.717, 1.165) is 18.0 Å². The van der Waals surface area contributed by atoms with E-state index in [9.17, 15) is 19.5 Å². The van der Waals surface area contributed by atoms with Crippen LogP contribution < -0.4 is 0 Å². The first kappa shape index (κ1) is 20.5. The van der Waals surface area contributed by atoms with Crippen molar-refractivity contribution >= 4 is 28.8 Å². The third kappa shape index (κ3) is 8.71. The van der Waals surface area contributed by atoms with E-state index in [2.05, 4.69) is 0 Å². The molecule has 0 fully saturated rings. The van der Waals surface area contributed by atoms with Gasteiger partial charge in [-0.05, 0) is 27.2 Å². The van der Waals surface area contributed by atoms with Gasteiger partial charge in [0.2, 0.25) is 0 Å². The van der Waals surface area contributed by atoms with Crippen molar-refractivity contribution in [2.24, 2.45) is 5.92 Å². The highest BCUT2D eigenvalue weighted by Gasteiger charge is 2.32. The molecule has 1 unspecified atom stereocenters. The van der Waals surface area contributed by atoms with Crippen LogP contribution in [0, 0.1) is 5.92 Å². The van der Waals surface area contributed by atoms with Gasteiger partial charge in [-0.15, -0.1) is 0 Å². The lowest BCUT2D eigenvalue weighted by Crippen LogP contribution is -2.33. The molecule has 0 aliphatic rings. The second-order valence-corrected chi connectivity index (χ2v) is 6.83. The fourth-order valence-electron chi connectivity index (χ4n) is 1.41. The van der Waals surface area contributed by atoms with Gasteiger partial charge in [0, 0.05) is 12.7 Å². The Morgan fingerprint density at radius 2 is 1.86 bits per heavy atom. The van der Waals surface area contributed by atoms with Crippen LogP contribution in [0.1, 0.15) is 41.0 Å². The molecule has 6 nitrogen and oxygen atoms in total. The fraction of sp³-hybridized carbons (Fsp3) is 0.667. The molecule has 0 amide bonds. The Morgan fingerprint density at radius 1 is 1.27 bits per heavy atom. The van der Waals surface area contributed by atoms with Crippen molar-refractivity contribution in [2.75, 3.05) is 12.4 Å². The van der Waals surface area contributed by atoms with Crippen LogP contribution in [-0.2, 0) is 23.9 Å². The molecule has 1 N–H and O–H groups in total. The molecule has 0 spiro atoms. The Morgan fingerprint density at radius 3 is 2.27 bits per heavy atom. The van der Waals surface area contributed by atoms with Gasteiger partial charge in [0.1, 0.15) is 11.5 Å². The van der Waals surface area contributed by atoms with Crippen LogP contribution in [0.3, 0.4) is 0 Å². The summed E-state index contributed by atoms with van der Waals surface area (Å²) in [5.74, 6) is -3.02. The maximum atomic E-state index is 12.2. The molecule has 0 aliphatic carbocycles. The van der Waals surface area contributed by atoms with Crippen LogP contribution in [-0.4, -0.2) is 40.1 Å². The van der Waals surface area contributed by atoms with Crippen LogP contribution in [0.4, 0.5) is 0 Å². The van der Waals surface area contributed by atoms with E-state index in [-0.39, 0.29) is 16.4 Å². The van der Waals surface area contributed by atoms with Gasteiger partial charge in [-0.2, -0.15) is 0 Å². The lowest BCUT2D eigenvalue weighted by molar-refractivity contribution is -0.159. The van der Waals surface area contributed by atoms with E-state index in [1.165, 1.54) is 6.92 Å². The molecule has 0 radical (unpaired) electrons. The Hall–Kier alpha value is -1.50. The minimum absolute atomic E-state index is 0.00212. The number of esters is 1. The number of aliphatic carboxylic acids is 1. The van der Waals surface area contributed by atoms with Gasteiger partial charge >= 0.3 is 11.9 Å². The predicted octanol–water partition coefficient (Wildman–Crippen LogP) is 2.62. The minimum Gasteiger partial charge on any atom is -0.501 e. The molecule has 22 heavy (non-hydrogen) atoms. The molecule has 0 aliphatic heterocycles. The Labute approximate surface area is 135 Å². The molecule has 0 rings (SSSR count). The fourth-order valence-corrected chi connectivity index (χ4v) is 2.12. The highest BCUT2D eigenvalue weighted by molar-refractivity contribution is 8.13. The van der Waals surface area contributed by atoms with Crippen LogP contribution in [0.15, 0.2) is 11.8 Å². The lowest BCUT2D eigenvalue weighted by Gasteiger charge is -2.24. The van der Waals surface area contributed by atoms with Crippen LogP contribution in [0.5, 0.6) is 0 Å². The monoisotopic (exact) mass is 332 g/mol. The number of carboxylic acid groups (broad SMARTS) is 1. The van der Waals surface area contributed by atoms with Crippen molar-refractivity contribution in [2.45, 2.75) is 46.6 Å². The van der Waals surface area contributed by atoms with Gasteiger partial charge < -0.3 is 14.6 Å². The van der Waals surface area contributed by atoms with Gasteiger partial charge in [0.15, 0.2) is 5.12 Å². The zero-order valence-electron chi connectivity index (χ0n) is 13.7. The molecular weight excluding hydrogens is 308 g/mol. The molecule has 0 heterocycles. The molecule has 0 saturated heterocycles. The highest BCUT2D eigenvalue weighted by atomic mass is 32.2. The number of carbonyl (C=O) groups is 3. The summed E-state index contributed by atoms with van der Waals surface area (Å²) in [7, 11) is 0. The van der Waals surface area contributed by atoms with Crippen LogP contribution in [0.25, 0.3) is 0 Å². The molecule has 7 heteroatoms. The van der Waals surface area contributed by atoms with E-state index >= 15 is 0 Å². The van der Waals surface area contributed by atoms with Gasteiger partial charge in [-0.3, -0.25) is 9.59 Å². The molecule has 0 aromatic carbocycles. The number of carboxylic acids is 1. The molecule has 1 atom stereocenters. The quantitative estimate of drug-likeness (QED) is 0.316. The summed E-state index contributed by atoms with van der Waals surface area (Å²) in [6.45, 7) is 8.66. The average molecular weight is 332 g/mol. The number of rotatable bonds is 8. The largest absolute Gasteiger partial charge is 0.501 e. The maximum Gasteiger partial charge on any atom is 0.335 e. The normalized spacial score (nSPS) is 13.4. The molecule has 0 saturated carbocycles. The van der Waals surface area contributed by atoms with Gasteiger partial charge in [0.05, 0.1) is 18.4 Å². The third-order valence-electron chi connectivity index (χ3n) is 2.30. The molecular formula is C15H24O6S. The molecule has 0 bridgehead atoms. The van der Waals surface area contributed by atoms with Crippen molar-refractivity contribution in [1.82, 2.24) is 0 Å². The Balaban J connectivity index is 5.30. The standard InChI is InChI=1S/C15H24O6S/c1-6-7-20-8-11(13(17)18)12(9-22-10(2)16)14(19)21-15(3,4)5/h8,12H,6-7,9H2,1-5H3,(H,17,18). The summed E-state index contributed by atoms with van der Waals surface area (Å²) >= 11 is 0.879. The average Bonchev–Trinajstić information content (AvgIpc) is 2.34. The summed E-state index contributed by atoms with van der Waals surface area (Å²) in [5.41, 5.74) is -0.958. The van der Waals surface area contributed by atoms with E-state index in [0.29, 0.717) is 13.0 Å². The zero-order valence-corrected chi connectivity index (χ0v) is 14.5. The van der Waals surface area contributed by atoms with Crippen molar-refractivity contribution in [3.63, 3.8) is 0 Å². The van der Waals surface area contributed by atoms with Crippen molar-refractivity contribution in [3.8, 4) is 0 Å². The topological polar surface area (TPSA) is 89.9 Å². The number of ether oxygens (including phenoxy) is 2. The van der Waals surface area contributed by atoms with E-state index < -0.39 is 23.5 Å². The Kier molecular flexibility index (Phi) is 8.86. The summed E-state index contributed by atoms with van der Waals surface area (Å²) in [6.07, 6.45) is 1.78. The SMILES string of the molecule is CCCOC=C(C(=O)O)C(CSC(C)=O)C(=O)OC(C)(C)C. The first-order chi connectivity index (χ1) is 10.1. The lowest BCUT2D eigenvalue weighted by atomic mass is 10.0. The number of thioether (sulfide) groups is 1. The minimum atomic E-state index is -1.27. The second kappa shape index (κ2) is 9.50. The Bertz CT molecular complexity index is 436. The van der Waals surface area contributed by atoms with Crippen LogP contribution >= 0.6 is 11.8 Å². The van der Waals surface area contributed by atoms with Crippen LogP contribution in [0.2, 0.25) is 0 Å². The molecule has 0 aromatic heterocycles. The summed E-state index contributed by atoms with van der Waals surface area (Å²) in [4.78, 5) is 34.8. The zero-order chi connectivity index (χ0) is 17.3. The van der Waals surface area contributed by atoms with Gasteiger partial charge in [-0.1, -0.05) is 18.7 Å². The summed E-state index contributed by atoms with van der Waals surface area (Å²) < 4.78 is 10.4. The number of carbonyl (C=O) groups excluding carboxylic acids is 2. The summed E-state index contributed by atoms with van der Waals surface area (Å²) in [5, 5.41) is 9.10. The second-order valence-electron chi connectivity index (χ2n) is 5.64. The first-order valence-electron chi connectivity index (χ1n) is 6.99. The predicted molar refractivity (Wildman–Crippen MR) is 84.4 cm³/mol. The van der Waals surface area contributed by atoms with Crippen molar-refractivity contribution in [3.05, 3.63) is 11.8 Å². The van der Waals surface area contributed by atoms with E-state index in [1.54, 1.807) is 20.8 Å². The first-order valence-corrected chi connectivity index (χ1v) is 7.98. The highest BCUT2D eigenvalue weighted by Crippen LogP contribution is 2.23. The third-order valence-corrected chi connectivity index (χ3v) is 3.21. The number of hydrogen-bond donors (Lipinski definition) is 1. The molecule has 0 aromatic rings. The van der Waals surface area contributed by atoms with Gasteiger partial charge in [0.25, 0.3) is 0 Å². The van der Waals surface area contributed by atoms with Crippen molar-refractivity contribution in [1.29, 1.82) is 0 Å². The smallest absolute Gasteiger partial charge is 0.335 e. The van der Waals surface area contributed by atoms with E-state index in [4.69, 9.17) is 9.47 Å². The van der Waals surface area contributed by atoms with Gasteiger partial charge in [-0.25, -0.2) is 4.79 Å². The van der Waals surface area contributed by atoms with E-state index in [1.807, 2.05) is 6.92 Å². The maximum absolute atomic E-state index is 12.2.